The van der Waals surface area contributed by atoms with Crippen molar-refractivity contribution in [3.05, 3.63) is 59.2 Å². The quantitative estimate of drug-likeness (QED) is 0.834. The minimum Gasteiger partial charge on any atom is -0.399 e. The summed E-state index contributed by atoms with van der Waals surface area (Å²) in [6, 6.07) is 13.6. The predicted molar refractivity (Wildman–Crippen MR) is 83.7 cm³/mol. The van der Waals surface area contributed by atoms with E-state index in [9.17, 15) is 4.79 Å². The molecular formula is C17H20N2O. The van der Waals surface area contributed by atoms with Gasteiger partial charge in [-0.1, -0.05) is 30.3 Å². The zero-order valence-corrected chi connectivity index (χ0v) is 11.9. The van der Waals surface area contributed by atoms with Crippen LogP contribution in [0.15, 0.2) is 42.5 Å². The van der Waals surface area contributed by atoms with Gasteiger partial charge in [0.1, 0.15) is 0 Å². The highest BCUT2D eigenvalue weighted by molar-refractivity contribution is 5.91. The summed E-state index contributed by atoms with van der Waals surface area (Å²) in [5.74, 6) is 0.0157. The van der Waals surface area contributed by atoms with Crippen LogP contribution in [0.4, 0.5) is 11.4 Å². The highest BCUT2D eigenvalue weighted by Gasteiger charge is 2.07. The average molecular weight is 268 g/mol. The van der Waals surface area contributed by atoms with Gasteiger partial charge >= 0.3 is 0 Å². The van der Waals surface area contributed by atoms with Crippen molar-refractivity contribution in [1.82, 2.24) is 0 Å². The molecule has 0 spiro atoms. The van der Waals surface area contributed by atoms with Gasteiger partial charge in [0.25, 0.3) is 0 Å². The number of hydrogen-bond donors (Lipinski definition) is 2. The number of hydrogen-bond acceptors (Lipinski definition) is 2. The van der Waals surface area contributed by atoms with Crippen LogP contribution in [0.5, 0.6) is 0 Å². The Morgan fingerprint density at radius 3 is 2.60 bits per heavy atom. The van der Waals surface area contributed by atoms with Gasteiger partial charge in [0, 0.05) is 17.8 Å². The lowest BCUT2D eigenvalue weighted by atomic mass is 10.1. The first-order chi connectivity index (χ1) is 9.58. The third kappa shape index (κ3) is 3.38. The van der Waals surface area contributed by atoms with Crippen molar-refractivity contribution in [2.45, 2.75) is 26.7 Å². The predicted octanol–water partition coefficient (Wildman–Crippen LogP) is 3.46. The van der Waals surface area contributed by atoms with Crippen molar-refractivity contribution in [3.8, 4) is 0 Å². The minimum atomic E-state index is 0.0157. The highest BCUT2D eigenvalue weighted by atomic mass is 16.1. The fraction of sp³-hybridized carbons (Fsp3) is 0.235. The molecule has 0 unspecified atom stereocenters. The monoisotopic (exact) mass is 268 g/mol. The number of rotatable bonds is 4. The molecule has 3 heteroatoms. The fourth-order valence-corrected chi connectivity index (χ4v) is 2.11. The lowest BCUT2D eigenvalue weighted by molar-refractivity contribution is -0.116. The number of aryl methyl sites for hydroxylation is 2. The van der Waals surface area contributed by atoms with Gasteiger partial charge in [-0.25, -0.2) is 0 Å². The van der Waals surface area contributed by atoms with E-state index in [1.165, 1.54) is 5.56 Å². The Morgan fingerprint density at radius 2 is 1.85 bits per heavy atom. The Bertz CT molecular complexity index is 620. The van der Waals surface area contributed by atoms with Gasteiger partial charge in [0.05, 0.1) is 0 Å². The molecular weight excluding hydrogens is 248 g/mol. The summed E-state index contributed by atoms with van der Waals surface area (Å²) >= 11 is 0. The van der Waals surface area contributed by atoms with Crippen molar-refractivity contribution >= 4 is 17.3 Å². The van der Waals surface area contributed by atoms with Gasteiger partial charge in [0.15, 0.2) is 0 Å². The van der Waals surface area contributed by atoms with E-state index >= 15 is 0 Å². The van der Waals surface area contributed by atoms with Crippen molar-refractivity contribution in [2.75, 3.05) is 11.1 Å². The summed E-state index contributed by atoms with van der Waals surface area (Å²) in [6.45, 7) is 4.05. The van der Waals surface area contributed by atoms with Crippen LogP contribution in [0.25, 0.3) is 0 Å². The lowest BCUT2D eigenvalue weighted by Gasteiger charge is -2.10. The first-order valence-electron chi connectivity index (χ1n) is 6.77. The van der Waals surface area contributed by atoms with Gasteiger partial charge in [-0.05, 0) is 49.1 Å². The molecule has 0 fully saturated rings. The summed E-state index contributed by atoms with van der Waals surface area (Å²) in [5, 5.41) is 2.96. The Balaban J connectivity index is 1.96. The van der Waals surface area contributed by atoms with Crippen LogP contribution in [0, 0.1) is 13.8 Å². The van der Waals surface area contributed by atoms with Crippen LogP contribution in [-0.4, -0.2) is 5.91 Å². The molecule has 2 aromatic rings. The average Bonchev–Trinajstić information content (AvgIpc) is 2.43. The molecule has 0 heterocycles. The first-order valence-corrected chi connectivity index (χ1v) is 6.77. The molecule has 0 aliphatic heterocycles. The van der Waals surface area contributed by atoms with E-state index in [1.54, 1.807) is 0 Å². The standard InChI is InChI=1S/C17H20N2O/c1-12-6-5-9-16(13(12)2)19-17(20)11-10-14-7-3-4-8-15(14)18/h3-9H,10-11,18H2,1-2H3,(H,19,20). The summed E-state index contributed by atoms with van der Waals surface area (Å²) in [5.41, 5.74) is 10.8. The number of nitrogens with one attached hydrogen (secondary N) is 1. The van der Waals surface area contributed by atoms with E-state index in [1.807, 2.05) is 56.3 Å². The molecule has 0 atom stereocenters. The van der Waals surface area contributed by atoms with E-state index in [2.05, 4.69) is 5.32 Å². The fourth-order valence-electron chi connectivity index (χ4n) is 2.11. The Hall–Kier alpha value is -2.29. The van der Waals surface area contributed by atoms with Crippen molar-refractivity contribution in [2.24, 2.45) is 0 Å². The molecule has 0 bridgehead atoms. The van der Waals surface area contributed by atoms with Crippen LogP contribution in [0.2, 0.25) is 0 Å². The number of carbonyl (C=O) groups excluding carboxylic acids is 1. The number of anilines is 2. The molecule has 0 aliphatic carbocycles. The zero-order valence-electron chi connectivity index (χ0n) is 11.9. The molecule has 0 aliphatic rings. The summed E-state index contributed by atoms with van der Waals surface area (Å²) < 4.78 is 0. The topological polar surface area (TPSA) is 55.1 Å². The van der Waals surface area contributed by atoms with Crippen LogP contribution in [0.3, 0.4) is 0 Å². The largest absolute Gasteiger partial charge is 0.399 e. The number of carbonyl (C=O) groups is 1. The molecule has 3 nitrogen and oxygen atoms in total. The molecule has 3 N–H and O–H groups in total. The first kappa shape index (κ1) is 14.1. The summed E-state index contributed by atoms with van der Waals surface area (Å²) in [7, 11) is 0. The molecule has 104 valence electrons. The molecule has 2 aromatic carbocycles. The van der Waals surface area contributed by atoms with Crippen LogP contribution in [-0.2, 0) is 11.2 Å². The maximum absolute atomic E-state index is 12.0. The van der Waals surface area contributed by atoms with E-state index in [-0.39, 0.29) is 5.91 Å². The van der Waals surface area contributed by atoms with Crippen LogP contribution in [0.1, 0.15) is 23.1 Å². The molecule has 0 radical (unpaired) electrons. The second-order valence-corrected chi connectivity index (χ2v) is 4.99. The van der Waals surface area contributed by atoms with Crippen molar-refractivity contribution in [1.29, 1.82) is 0 Å². The number of nitrogen functional groups attached to an aromatic ring is 1. The number of nitrogens with two attached hydrogens (primary N) is 1. The van der Waals surface area contributed by atoms with Crippen LogP contribution >= 0.6 is 0 Å². The molecule has 2 rings (SSSR count). The number of para-hydroxylation sites is 1. The van der Waals surface area contributed by atoms with Crippen LogP contribution < -0.4 is 11.1 Å². The van der Waals surface area contributed by atoms with Gasteiger partial charge in [-0.15, -0.1) is 0 Å². The Labute approximate surface area is 119 Å². The maximum atomic E-state index is 12.0. The summed E-state index contributed by atoms with van der Waals surface area (Å²) in [6.07, 6.45) is 1.09. The van der Waals surface area contributed by atoms with E-state index in [4.69, 9.17) is 5.73 Å². The third-order valence-corrected chi connectivity index (χ3v) is 3.56. The van der Waals surface area contributed by atoms with Crippen molar-refractivity contribution < 1.29 is 4.79 Å². The highest BCUT2D eigenvalue weighted by Crippen LogP contribution is 2.19. The normalized spacial score (nSPS) is 10.3. The Morgan fingerprint density at radius 1 is 1.10 bits per heavy atom. The second kappa shape index (κ2) is 6.24. The van der Waals surface area contributed by atoms with Gasteiger partial charge < -0.3 is 11.1 Å². The SMILES string of the molecule is Cc1cccc(NC(=O)CCc2ccccc2N)c1C. The molecule has 0 saturated heterocycles. The lowest BCUT2D eigenvalue weighted by Crippen LogP contribution is -2.13. The van der Waals surface area contributed by atoms with Gasteiger partial charge in [-0.2, -0.15) is 0 Å². The van der Waals surface area contributed by atoms with Crippen molar-refractivity contribution in [3.63, 3.8) is 0 Å². The summed E-state index contributed by atoms with van der Waals surface area (Å²) in [4.78, 5) is 12.0. The number of amides is 1. The van der Waals surface area contributed by atoms with E-state index in [0.29, 0.717) is 12.8 Å². The number of benzene rings is 2. The maximum Gasteiger partial charge on any atom is 0.224 e. The second-order valence-electron chi connectivity index (χ2n) is 4.99. The van der Waals surface area contributed by atoms with E-state index < -0.39 is 0 Å². The molecule has 20 heavy (non-hydrogen) atoms. The minimum absolute atomic E-state index is 0.0157. The zero-order chi connectivity index (χ0) is 14.5. The molecule has 0 saturated carbocycles. The van der Waals surface area contributed by atoms with E-state index in [0.717, 1.165) is 22.5 Å². The van der Waals surface area contributed by atoms with Gasteiger partial charge in [0.2, 0.25) is 5.91 Å². The third-order valence-electron chi connectivity index (χ3n) is 3.56. The Kier molecular flexibility index (Phi) is 4.41. The molecule has 1 amide bonds. The van der Waals surface area contributed by atoms with Gasteiger partial charge in [-0.3, -0.25) is 4.79 Å². The smallest absolute Gasteiger partial charge is 0.224 e. The molecule has 0 aromatic heterocycles.